The normalized spacial score (nSPS) is 12.0. The average molecular weight is 474 g/mol. The largest absolute Gasteiger partial charge is 0.373 e. The number of nitrogens with zero attached hydrogens (tertiary/aromatic N) is 3. The Balaban J connectivity index is 1.88. The molecule has 5 N–H and O–H groups in total. The Morgan fingerprint density at radius 1 is 1.07 bits per heavy atom. The highest BCUT2D eigenvalue weighted by Gasteiger charge is 2.12. The second-order valence-electron chi connectivity index (χ2n) is 6.75. The van der Waals surface area contributed by atoms with E-state index in [9.17, 15) is 0 Å². The molecule has 3 aromatic rings. The number of benzene rings is 1. The van der Waals surface area contributed by atoms with Crippen LogP contribution in [0.25, 0.3) is 0 Å². The molecule has 7 nitrogen and oxygen atoms in total. The van der Waals surface area contributed by atoms with E-state index in [-0.39, 0.29) is 14.0 Å². The van der Waals surface area contributed by atoms with Crippen molar-refractivity contribution >= 4 is 58.1 Å². The van der Waals surface area contributed by atoms with Gasteiger partial charge in [-0.15, -0.1) is 0 Å². The van der Waals surface area contributed by atoms with Crippen molar-refractivity contribution < 1.29 is 0 Å². The van der Waals surface area contributed by atoms with E-state index in [0.717, 1.165) is 27.2 Å². The van der Waals surface area contributed by atoms with Gasteiger partial charge in [0.1, 0.15) is 11.6 Å². The predicted molar refractivity (Wildman–Crippen MR) is 128 cm³/mol. The summed E-state index contributed by atoms with van der Waals surface area (Å²) in [6.45, 7) is 6.39. The van der Waals surface area contributed by atoms with Crippen LogP contribution in [-0.2, 0) is 0 Å². The summed E-state index contributed by atoms with van der Waals surface area (Å²) < 4.78 is 0.786. The SMILES string of the molecule is CNc1ncc(Nc2ncc(Br)c(Nc3ccccc3P(C)C)n2)cc1C(C)N. The fourth-order valence-electron chi connectivity index (χ4n) is 2.85. The third-order valence-corrected chi connectivity index (χ3v) is 6.22. The van der Waals surface area contributed by atoms with Gasteiger partial charge in [-0.25, -0.2) is 9.97 Å². The average Bonchev–Trinajstić information content (AvgIpc) is 2.70. The molecule has 0 saturated heterocycles. The number of rotatable bonds is 7. The molecule has 1 atom stereocenters. The number of para-hydroxylation sites is 1. The third-order valence-electron chi connectivity index (χ3n) is 4.28. The molecule has 0 aliphatic heterocycles. The summed E-state index contributed by atoms with van der Waals surface area (Å²) in [5.41, 5.74) is 8.81. The van der Waals surface area contributed by atoms with Gasteiger partial charge < -0.3 is 21.7 Å². The van der Waals surface area contributed by atoms with Gasteiger partial charge in [0.25, 0.3) is 0 Å². The first-order valence-corrected chi connectivity index (χ1v) is 12.2. The molecular weight excluding hydrogens is 449 g/mol. The van der Waals surface area contributed by atoms with Crippen molar-refractivity contribution in [1.29, 1.82) is 0 Å². The van der Waals surface area contributed by atoms with Crippen molar-refractivity contribution in [3.8, 4) is 0 Å². The highest BCUT2D eigenvalue weighted by atomic mass is 79.9. The smallest absolute Gasteiger partial charge is 0.229 e. The zero-order chi connectivity index (χ0) is 21.0. The monoisotopic (exact) mass is 473 g/mol. The van der Waals surface area contributed by atoms with Crippen LogP contribution in [0.3, 0.4) is 0 Å². The minimum atomic E-state index is -0.247. The highest BCUT2D eigenvalue weighted by Crippen LogP contribution is 2.31. The number of anilines is 5. The lowest BCUT2D eigenvalue weighted by atomic mass is 10.1. The number of halogens is 1. The van der Waals surface area contributed by atoms with Gasteiger partial charge in [-0.1, -0.05) is 26.1 Å². The Bertz CT molecular complexity index is 994. The summed E-state index contributed by atoms with van der Waals surface area (Å²) in [6, 6.07) is 10.1. The van der Waals surface area contributed by atoms with E-state index in [1.54, 1.807) is 12.4 Å². The molecule has 0 fully saturated rings. The van der Waals surface area contributed by atoms with Gasteiger partial charge in [-0.2, -0.15) is 4.98 Å². The zero-order valence-electron chi connectivity index (χ0n) is 16.9. The molecular formula is C20H25BrN7P. The van der Waals surface area contributed by atoms with Crippen molar-refractivity contribution in [2.75, 3.05) is 36.3 Å². The highest BCUT2D eigenvalue weighted by molar-refractivity contribution is 9.10. The van der Waals surface area contributed by atoms with Gasteiger partial charge in [0.15, 0.2) is 0 Å². The van der Waals surface area contributed by atoms with E-state index in [2.05, 4.69) is 78.4 Å². The Kier molecular flexibility index (Phi) is 7.00. The van der Waals surface area contributed by atoms with Crippen molar-refractivity contribution in [3.05, 3.63) is 52.8 Å². The van der Waals surface area contributed by atoms with Crippen LogP contribution in [0.15, 0.2) is 47.2 Å². The first kappa shape index (κ1) is 21.4. The minimum absolute atomic E-state index is 0.149. The van der Waals surface area contributed by atoms with Crippen LogP contribution in [0.4, 0.5) is 29.0 Å². The summed E-state index contributed by atoms with van der Waals surface area (Å²) in [4.78, 5) is 13.4. The van der Waals surface area contributed by atoms with Crippen LogP contribution < -0.4 is 27.0 Å². The molecule has 0 bridgehead atoms. The van der Waals surface area contributed by atoms with Gasteiger partial charge in [-0.05, 0) is 53.6 Å². The molecule has 0 spiro atoms. The van der Waals surface area contributed by atoms with Gasteiger partial charge in [0, 0.05) is 30.5 Å². The molecule has 152 valence electrons. The zero-order valence-corrected chi connectivity index (χ0v) is 19.3. The molecule has 2 heterocycles. The number of hydrogen-bond donors (Lipinski definition) is 4. The van der Waals surface area contributed by atoms with E-state index in [1.165, 1.54) is 5.30 Å². The molecule has 0 radical (unpaired) electrons. The number of nitrogens with one attached hydrogen (secondary N) is 3. The molecule has 0 aliphatic carbocycles. The van der Waals surface area contributed by atoms with Crippen LogP contribution in [-0.4, -0.2) is 35.3 Å². The van der Waals surface area contributed by atoms with Crippen molar-refractivity contribution in [3.63, 3.8) is 0 Å². The van der Waals surface area contributed by atoms with Gasteiger partial charge in [0.05, 0.1) is 16.4 Å². The van der Waals surface area contributed by atoms with Crippen molar-refractivity contribution in [1.82, 2.24) is 15.0 Å². The molecule has 0 amide bonds. The third kappa shape index (κ3) is 5.21. The molecule has 0 saturated carbocycles. The van der Waals surface area contributed by atoms with Crippen LogP contribution in [0, 0.1) is 0 Å². The molecule has 9 heteroatoms. The summed E-state index contributed by atoms with van der Waals surface area (Å²) in [5, 5.41) is 11.0. The molecule has 29 heavy (non-hydrogen) atoms. The summed E-state index contributed by atoms with van der Waals surface area (Å²) >= 11 is 3.54. The minimum Gasteiger partial charge on any atom is -0.373 e. The van der Waals surface area contributed by atoms with Gasteiger partial charge in [-0.3, -0.25) is 0 Å². The lowest BCUT2D eigenvalue weighted by Gasteiger charge is -2.16. The fraction of sp³-hybridized carbons (Fsp3) is 0.250. The van der Waals surface area contributed by atoms with E-state index < -0.39 is 0 Å². The van der Waals surface area contributed by atoms with Gasteiger partial charge in [0.2, 0.25) is 5.95 Å². The molecule has 2 aromatic heterocycles. The van der Waals surface area contributed by atoms with E-state index in [4.69, 9.17) is 5.73 Å². The molecule has 1 aromatic carbocycles. The first-order valence-electron chi connectivity index (χ1n) is 9.15. The molecule has 0 aliphatic rings. The fourth-order valence-corrected chi connectivity index (χ4v) is 4.13. The second-order valence-corrected chi connectivity index (χ2v) is 9.88. The van der Waals surface area contributed by atoms with E-state index in [0.29, 0.717) is 11.8 Å². The maximum Gasteiger partial charge on any atom is 0.229 e. The number of pyridine rings is 1. The lowest BCUT2D eigenvalue weighted by molar-refractivity contribution is 0.814. The van der Waals surface area contributed by atoms with Crippen LogP contribution in [0.1, 0.15) is 18.5 Å². The Morgan fingerprint density at radius 2 is 1.83 bits per heavy atom. The lowest BCUT2D eigenvalue weighted by Crippen LogP contribution is -2.11. The summed E-state index contributed by atoms with van der Waals surface area (Å²) in [7, 11) is 1.58. The molecule has 3 rings (SSSR count). The Labute approximate surface area is 180 Å². The second kappa shape index (κ2) is 9.48. The van der Waals surface area contributed by atoms with E-state index >= 15 is 0 Å². The van der Waals surface area contributed by atoms with E-state index in [1.807, 2.05) is 26.1 Å². The van der Waals surface area contributed by atoms with Crippen LogP contribution >= 0.6 is 23.9 Å². The van der Waals surface area contributed by atoms with Crippen molar-refractivity contribution in [2.24, 2.45) is 5.73 Å². The number of aromatic nitrogens is 3. The standard InChI is InChI=1S/C20H25BrN7P/c1-12(22)14-9-13(10-24-18(14)23-2)26-20-25-11-15(21)19(28-20)27-16-7-5-6-8-17(16)29(3)4/h5-12H,22H2,1-4H3,(H,23,24)(H2,25,26,27,28). The van der Waals surface area contributed by atoms with Crippen molar-refractivity contribution in [2.45, 2.75) is 13.0 Å². The number of nitrogens with two attached hydrogens (primary N) is 1. The maximum absolute atomic E-state index is 6.07. The quantitative estimate of drug-likeness (QED) is 0.373. The Hall–Kier alpha value is -2.28. The first-order chi connectivity index (χ1) is 13.9. The van der Waals surface area contributed by atoms with Crippen LogP contribution in [0.2, 0.25) is 0 Å². The van der Waals surface area contributed by atoms with Crippen LogP contribution in [0.5, 0.6) is 0 Å². The summed E-state index contributed by atoms with van der Waals surface area (Å²) in [5.74, 6) is 1.92. The summed E-state index contributed by atoms with van der Waals surface area (Å²) in [6.07, 6.45) is 3.45. The topological polar surface area (TPSA) is 101 Å². The number of hydrogen-bond acceptors (Lipinski definition) is 7. The Morgan fingerprint density at radius 3 is 2.52 bits per heavy atom. The van der Waals surface area contributed by atoms with Gasteiger partial charge >= 0.3 is 0 Å². The predicted octanol–water partition coefficient (Wildman–Crippen LogP) is 4.55. The maximum atomic E-state index is 6.07. The molecule has 1 unspecified atom stereocenters.